The van der Waals surface area contributed by atoms with Crippen LogP contribution < -0.4 is 5.32 Å². The molecule has 1 aromatic rings. The Morgan fingerprint density at radius 2 is 2.11 bits per heavy atom. The first-order valence-electron chi connectivity index (χ1n) is 6.94. The molecular weight excluding hydrogens is 280 g/mol. The van der Waals surface area contributed by atoms with Crippen LogP contribution in [-0.2, 0) is 16.6 Å². The lowest BCUT2D eigenvalue weighted by Gasteiger charge is -2.20. The van der Waals surface area contributed by atoms with Crippen molar-refractivity contribution >= 4 is 21.4 Å². The number of thiophene rings is 1. The topological polar surface area (TPSA) is 49.4 Å². The highest BCUT2D eigenvalue weighted by atomic mass is 32.2. The summed E-state index contributed by atoms with van der Waals surface area (Å²) < 4.78 is 27.0. The van der Waals surface area contributed by atoms with Gasteiger partial charge in [0.05, 0.1) is 4.90 Å². The van der Waals surface area contributed by atoms with Crippen LogP contribution in [0.4, 0.5) is 0 Å². The van der Waals surface area contributed by atoms with Crippen molar-refractivity contribution in [2.45, 2.75) is 56.1 Å². The van der Waals surface area contributed by atoms with E-state index in [9.17, 15) is 8.42 Å². The average Bonchev–Trinajstić information content (AvgIpc) is 3.29. The summed E-state index contributed by atoms with van der Waals surface area (Å²) in [5.74, 6) is 0. The van der Waals surface area contributed by atoms with Crippen LogP contribution in [0.5, 0.6) is 0 Å². The predicted octanol–water partition coefficient (Wildman–Crippen LogP) is 2.17. The molecule has 4 nitrogen and oxygen atoms in total. The lowest BCUT2D eigenvalue weighted by molar-refractivity contribution is 0.420. The first-order chi connectivity index (χ1) is 9.13. The molecule has 1 heterocycles. The Labute approximate surface area is 118 Å². The molecule has 0 atom stereocenters. The van der Waals surface area contributed by atoms with Crippen molar-refractivity contribution in [3.05, 3.63) is 16.3 Å². The van der Waals surface area contributed by atoms with E-state index in [4.69, 9.17) is 0 Å². The molecule has 0 aliphatic heterocycles. The van der Waals surface area contributed by atoms with Crippen LogP contribution in [0.2, 0.25) is 0 Å². The smallest absolute Gasteiger partial charge is 0.244 e. The van der Waals surface area contributed by atoms with Crippen LogP contribution in [0, 0.1) is 0 Å². The van der Waals surface area contributed by atoms with Gasteiger partial charge in [-0.15, -0.1) is 11.3 Å². The van der Waals surface area contributed by atoms with Gasteiger partial charge in [-0.05, 0) is 37.1 Å². The van der Waals surface area contributed by atoms with E-state index in [-0.39, 0.29) is 6.04 Å². The van der Waals surface area contributed by atoms with Crippen molar-refractivity contribution < 1.29 is 8.42 Å². The SMILES string of the molecule is CCN(C1CC1)S(=O)(=O)c1ccsc1CNC1CC1. The number of hydrogen-bond acceptors (Lipinski definition) is 4. The molecular formula is C13H20N2O2S2. The Bertz CT molecular complexity index is 545. The van der Waals surface area contributed by atoms with Gasteiger partial charge >= 0.3 is 0 Å². The lowest BCUT2D eigenvalue weighted by atomic mass is 10.4. The van der Waals surface area contributed by atoms with Crippen molar-refractivity contribution in [3.63, 3.8) is 0 Å². The van der Waals surface area contributed by atoms with E-state index in [1.807, 2.05) is 12.3 Å². The summed E-state index contributed by atoms with van der Waals surface area (Å²) in [6.45, 7) is 3.17. The third-order valence-corrected chi connectivity index (χ3v) is 6.85. The van der Waals surface area contributed by atoms with E-state index >= 15 is 0 Å². The molecule has 6 heteroatoms. The molecule has 0 unspecified atom stereocenters. The monoisotopic (exact) mass is 300 g/mol. The van der Waals surface area contributed by atoms with Gasteiger partial charge in [-0.2, -0.15) is 4.31 Å². The number of nitrogens with zero attached hydrogens (tertiary/aromatic N) is 1. The Morgan fingerprint density at radius 1 is 1.37 bits per heavy atom. The third-order valence-electron chi connectivity index (χ3n) is 3.69. The van der Waals surface area contributed by atoms with E-state index in [0.29, 0.717) is 24.0 Å². The van der Waals surface area contributed by atoms with E-state index in [1.54, 1.807) is 10.4 Å². The minimum Gasteiger partial charge on any atom is -0.309 e. The van der Waals surface area contributed by atoms with E-state index in [0.717, 1.165) is 17.7 Å². The first-order valence-corrected chi connectivity index (χ1v) is 9.26. The van der Waals surface area contributed by atoms with E-state index in [1.165, 1.54) is 24.2 Å². The van der Waals surface area contributed by atoms with Crippen molar-refractivity contribution in [1.29, 1.82) is 0 Å². The van der Waals surface area contributed by atoms with Gasteiger partial charge in [0, 0.05) is 30.1 Å². The van der Waals surface area contributed by atoms with E-state index in [2.05, 4.69) is 5.32 Å². The largest absolute Gasteiger partial charge is 0.309 e. The Hall–Kier alpha value is -0.430. The predicted molar refractivity (Wildman–Crippen MR) is 76.8 cm³/mol. The molecule has 106 valence electrons. The van der Waals surface area contributed by atoms with Gasteiger partial charge in [0.25, 0.3) is 0 Å². The molecule has 0 aromatic carbocycles. The molecule has 1 N–H and O–H groups in total. The fourth-order valence-corrected chi connectivity index (χ4v) is 5.39. The molecule has 0 bridgehead atoms. The summed E-state index contributed by atoms with van der Waals surface area (Å²) in [6.07, 6.45) is 4.45. The third kappa shape index (κ3) is 2.86. The molecule has 2 saturated carbocycles. The minimum absolute atomic E-state index is 0.235. The van der Waals surface area contributed by atoms with Gasteiger partial charge in [0.15, 0.2) is 0 Å². The lowest BCUT2D eigenvalue weighted by Crippen LogP contribution is -2.33. The Kier molecular flexibility index (Phi) is 3.68. The number of sulfonamides is 1. The molecule has 0 amide bonds. The number of rotatable bonds is 7. The van der Waals surface area contributed by atoms with Gasteiger partial charge in [0.2, 0.25) is 10.0 Å². The number of nitrogens with one attached hydrogen (secondary N) is 1. The fourth-order valence-electron chi connectivity index (χ4n) is 2.33. The fraction of sp³-hybridized carbons (Fsp3) is 0.692. The second kappa shape index (κ2) is 5.16. The van der Waals surface area contributed by atoms with Crippen LogP contribution in [0.25, 0.3) is 0 Å². The maximum Gasteiger partial charge on any atom is 0.244 e. The Balaban J connectivity index is 1.80. The molecule has 0 spiro atoms. The summed E-state index contributed by atoms with van der Waals surface area (Å²) in [6, 6.07) is 2.59. The highest BCUT2D eigenvalue weighted by molar-refractivity contribution is 7.89. The summed E-state index contributed by atoms with van der Waals surface area (Å²) in [5, 5.41) is 5.29. The Morgan fingerprint density at radius 3 is 2.68 bits per heavy atom. The van der Waals surface area contributed by atoms with Crippen molar-refractivity contribution in [3.8, 4) is 0 Å². The van der Waals surface area contributed by atoms with Crippen molar-refractivity contribution in [1.82, 2.24) is 9.62 Å². The maximum absolute atomic E-state index is 12.7. The first kappa shape index (κ1) is 13.5. The van der Waals surface area contributed by atoms with Crippen LogP contribution in [0.15, 0.2) is 16.3 Å². The molecule has 2 aliphatic rings. The molecule has 3 rings (SSSR count). The van der Waals surface area contributed by atoms with Crippen molar-refractivity contribution in [2.75, 3.05) is 6.54 Å². The van der Waals surface area contributed by atoms with Crippen LogP contribution in [-0.4, -0.2) is 31.4 Å². The van der Waals surface area contributed by atoms with Gasteiger partial charge < -0.3 is 5.32 Å². The van der Waals surface area contributed by atoms with Crippen LogP contribution >= 0.6 is 11.3 Å². The van der Waals surface area contributed by atoms with E-state index < -0.39 is 10.0 Å². The second-order valence-electron chi connectivity index (χ2n) is 5.30. The standard InChI is InChI=1S/C13H20N2O2S2/c1-2-15(11-5-6-11)19(16,17)13-7-8-18-12(13)9-14-10-3-4-10/h7-8,10-11,14H,2-6,9H2,1H3. The minimum atomic E-state index is -3.30. The molecule has 19 heavy (non-hydrogen) atoms. The summed E-state index contributed by atoms with van der Waals surface area (Å²) in [5.41, 5.74) is 0. The average molecular weight is 300 g/mol. The zero-order valence-electron chi connectivity index (χ0n) is 11.1. The van der Waals surface area contributed by atoms with Gasteiger partial charge in [-0.3, -0.25) is 0 Å². The number of hydrogen-bond donors (Lipinski definition) is 1. The summed E-state index contributed by atoms with van der Waals surface area (Å²) in [4.78, 5) is 1.46. The summed E-state index contributed by atoms with van der Waals surface area (Å²) >= 11 is 1.54. The molecule has 2 aliphatic carbocycles. The summed E-state index contributed by atoms with van der Waals surface area (Å²) in [7, 11) is -3.30. The molecule has 1 aromatic heterocycles. The highest BCUT2D eigenvalue weighted by Crippen LogP contribution is 2.34. The second-order valence-corrected chi connectivity index (χ2v) is 8.16. The molecule has 0 radical (unpaired) electrons. The zero-order valence-corrected chi connectivity index (χ0v) is 12.8. The van der Waals surface area contributed by atoms with Crippen LogP contribution in [0.3, 0.4) is 0 Å². The van der Waals surface area contributed by atoms with Crippen LogP contribution in [0.1, 0.15) is 37.5 Å². The van der Waals surface area contributed by atoms with Gasteiger partial charge in [0.1, 0.15) is 0 Å². The van der Waals surface area contributed by atoms with Gasteiger partial charge in [-0.1, -0.05) is 6.92 Å². The highest BCUT2D eigenvalue weighted by Gasteiger charge is 2.38. The quantitative estimate of drug-likeness (QED) is 0.839. The van der Waals surface area contributed by atoms with Gasteiger partial charge in [-0.25, -0.2) is 8.42 Å². The molecule has 2 fully saturated rings. The normalized spacial score (nSPS) is 20.1. The zero-order chi connectivity index (χ0) is 13.5. The van der Waals surface area contributed by atoms with Crippen molar-refractivity contribution in [2.24, 2.45) is 0 Å². The molecule has 0 saturated heterocycles. The maximum atomic E-state index is 12.7.